The van der Waals surface area contributed by atoms with Gasteiger partial charge in [0.2, 0.25) is 11.8 Å². The summed E-state index contributed by atoms with van der Waals surface area (Å²) in [5, 5.41) is 3.14. The number of rotatable bonds is 3. The summed E-state index contributed by atoms with van der Waals surface area (Å²) in [6.45, 7) is 6.73. The molecule has 28 heavy (non-hydrogen) atoms. The van der Waals surface area contributed by atoms with Gasteiger partial charge in [0.1, 0.15) is 0 Å². The van der Waals surface area contributed by atoms with E-state index in [2.05, 4.69) is 36.5 Å². The Kier molecular flexibility index (Phi) is 5.69. The van der Waals surface area contributed by atoms with E-state index in [-0.39, 0.29) is 17.9 Å². The molecule has 0 aromatic heterocycles. The average Bonchev–Trinajstić information content (AvgIpc) is 2.74. The first-order valence-electron chi connectivity index (χ1n) is 10.5. The summed E-state index contributed by atoms with van der Waals surface area (Å²) < 4.78 is 5.61. The molecule has 2 amide bonds. The number of carbonyl (C=O) groups is 2. The molecule has 3 aliphatic heterocycles. The van der Waals surface area contributed by atoms with Crippen molar-refractivity contribution in [2.45, 2.75) is 44.1 Å². The molecule has 1 unspecified atom stereocenters. The van der Waals surface area contributed by atoms with Crippen molar-refractivity contribution in [1.29, 1.82) is 0 Å². The molecular weight excluding hydrogens is 354 g/mol. The van der Waals surface area contributed by atoms with Crippen LogP contribution in [-0.2, 0) is 19.7 Å². The van der Waals surface area contributed by atoms with Gasteiger partial charge >= 0.3 is 0 Å². The Hall–Kier alpha value is -1.92. The lowest BCUT2D eigenvalue weighted by molar-refractivity contribution is -0.146. The molecule has 3 aliphatic rings. The van der Waals surface area contributed by atoms with Crippen LogP contribution >= 0.6 is 0 Å². The molecule has 1 atom stereocenters. The molecule has 4 rings (SSSR count). The van der Waals surface area contributed by atoms with E-state index in [4.69, 9.17) is 4.74 Å². The van der Waals surface area contributed by atoms with Crippen molar-refractivity contribution in [1.82, 2.24) is 15.1 Å². The molecule has 0 aliphatic carbocycles. The second-order valence-electron chi connectivity index (χ2n) is 8.37. The molecule has 1 aromatic rings. The Morgan fingerprint density at radius 2 is 1.93 bits per heavy atom. The van der Waals surface area contributed by atoms with Crippen LogP contribution in [0.1, 0.15) is 36.8 Å². The molecule has 6 heteroatoms. The van der Waals surface area contributed by atoms with Crippen molar-refractivity contribution in [3.8, 4) is 0 Å². The number of ether oxygens (including phenoxy) is 1. The fourth-order valence-electron chi connectivity index (χ4n) is 4.92. The fourth-order valence-corrected chi connectivity index (χ4v) is 4.92. The van der Waals surface area contributed by atoms with Crippen LogP contribution in [0.3, 0.4) is 0 Å². The summed E-state index contributed by atoms with van der Waals surface area (Å²) in [6, 6.07) is 8.55. The zero-order chi connectivity index (χ0) is 19.6. The Morgan fingerprint density at radius 1 is 1.18 bits per heavy atom. The number of hydrogen-bond acceptors (Lipinski definition) is 4. The number of amides is 2. The quantitative estimate of drug-likeness (QED) is 0.856. The van der Waals surface area contributed by atoms with Crippen LogP contribution in [0.15, 0.2) is 24.3 Å². The third-order valence-corrected chi connectivity index (χ3v) is 6.61. The van der Waals surface area contributed by atoms with Crippen LogP contribution in [0, 0.1) is 6.92 Å². The molecular formula is C22H31N3O3. The SMILES string of the molecule is Cc1ccc(C2(C(=O)N3CCCC(N4CCNCC4=O)C3)CCOCC2)cc1. The number of hydrogen-bond donors (Lipinski definition) is 1. The first kappa shape index (κ1) is 19.4. The largest absolute Gasteiger partial charge is 0.381 e. The van der Waals surface area contributed by atoms with Crippen LogP contribution in [0.2, 0.25) is 0 Å². The van der Waals surface area contributed by atoms with Gasteiger partial charge in [-0.3, -0.25) is 9.59 Å². The smallest absolute Gasteiger partial charge is 0.236 e. The van der Waals surface area contributed by atoms with Crippen molar-refractivity contribution in [2.75, 3.05) is 45.9 Å². The zero-order valence-corrected chi connectivity index (χ0v) is 16.8. The van der Waals surface area contributed by atoms with E-state index in [9.17, 15) is 9.59 Å². The van der Waals surface area contributed by atoms with E-state index in [0.29, 0.717) is 26.3 Å². The lowest BCUT2D eigenvalue weighted by Crippen LogP contribution is -2.59. The third-order valence-electron chi connectivity index (χ3n) is 6.61. The van der Waals surface area contributed by atoms with E-state index in [1.807, 2.05) is 9.80 Å². The van der Waals surface area contributed by atoms with Gasteiger partial charge in [-0.2, -0.15) is 0 Å². The predicted octanol–water partition coefficient (Wildman–Crippen LogP) is 1.47. The van der Waals surface area contributed by atoms with Crippen molar-refractivity contribution in [2.24, 2.45) is 0 Å². The van der Waals surface area contributed by atoms with E-state index >= 15 is 0 Å². The van der Waals surface area contributed by atoms with Crippen molar-refractivity contribution in [3.63, 3.8) is 0 Å². The molecule has 6 nitrogen and oxygen atoms in total. The van der Waals surface area contributed by atoms with Crippen LogP contribution in [0.25, 0.3) is 0 Å². The fraction of sp³-hybridized carbons (Fsp3) is 0.636. The minimum atomic E-state index is -0.499. The summed E-state index contributed by atoms with van der Waals surface area (Å²) in [7, 11) is 0. The van der Waals surface area contributed by atoms with Gasteiger partial charge in [0, 0.05) is 45.4 Å². The normalized spacial score (nSPS) is 25.6. The number of nitrogens with zero attached hydrogens (tertiary/aromatic N) is 2. The van der Waals surface area contributed by atoms with Crippen LogP contribution in [-0.4, -0.2) is 73.6 Å². The highest BCUT2D eigenvalue weighted by Crippen LogP contribution is 2.38. The van der Waals surface area contributed by atoms with Crippen LogP contribution in [0.4, 0.5) is 0 Å². The molecule has 1 aromatic carbocycles. The number of piperidine rings is 1. The minimum absolute atomic E-state index is 0.141. The maximum Gasteiger partial charge on any atom is 0.236 e. The summed E-state index contributed by atoms with van der Waals surface area (Å²) in [6.07, 6.45) is 3.38. The minimum Gasteiger partial charge on any atom is -0.381 e. The van der Waals surface area contributed by atoms with E-state index in [0.717, 1.165) is 50.9 Å². The molecule has 0 saturated carbocycles. The molecule has 3 heterocycles. The number of piperazine rings is 1. The van der Waals surface area contributed by atoms with Gasteiger partial charge in [0.15, 0.2) is 0 Å². The molecule has 152 valence electrons. The summed E-state index contributed by atoms with van der Waals surface area (Å²) in [5.41, 5.74) is 1.81. The third kappa shape index (κ3) is 3.67. The standard InChI is InChI=1S/C22H31N3O3/c1-17-4-6-18(7-5-17)22(8-13-28-14-9-22)21(27)24-11-2-3-19(16-24)25-12-10-23-15-20(25)26/h4-7,19,23H,2-3,8-16H2,1H3. The molecule has 0 bridgehead atoms. The van der Waals surface area contributed by atoms with Crippen LogP contribution in [0.5, 0.6) is 0 Å². The van der Waals surface area contributed by atoms with Gasteiger partial charge in [0.05, 0.1) is 12.0 Å². The molecule has 0 spiro atoms. The summed E-state index contributed by atoms with van der Waals surface area (Å²) >= 11 is 0. The number of likely N-dealkylation sites (tertiary alicyclic amines) is 1. The van der Waals surface area contributed by atoms with Crippen LogP contribution < -0.4 is 5.32 Å². The first-order chi connectivity index (χ1) is 13.6. The van der Waals surface area contributed by atoms with Crippen molar-refractivity contribution < 1.29 is 14.3 Å². The van der Waals surface area contributed by atoms with Crippen molar-refractivity contribution >= 4 is 11.8 Å². The van der Waals surface area contributed by atoms with E-state index in [1.165, 1.54) is 5.56 Å². The maximum atomic E-state index is 13.8. The highest BCUT2D eigenvalue weighted by atomic mass is 16.5. The average molecular weight is 386 g/mol. The van der Waals surface area contributed by atoms with Gasteiger partial charge in [-0.1, -0.05) is 29.8 Å². The zero-order valence-electron chi connectivity index (χ0n) is 16.8. The topological polar surface area (TPSA) is 61.9 Å². The highest BCUT2D eigenvalue weighted by molar-refractivity contribution is 5.89. The Bertz CT molecular complexity index is 712. The Morgan fingerprint density at radius 3 is 2.64 bits per heavy atom. The lowest BCUT2D eigenvalue weighted by atomic mass is 9.72. The molecule has 3 saturated heterocycles. The molecule has 3 fully saturated rings. The van der Waals surface area contributed by atoms with Gasteiger partial charge in [-0.15, -0.1) is 0 Å². The van der Waals surface area contributed by atoms with E-state index < -0.39 is 5.41 Å². The molecule has 0 radical (unpaired) electrons. The number of nitrogens with one attached hydrogen (secondary N) is 1. The summed E-state index contributed by atoms with van der Waals surface area (Å²) in [5.74, 6) is 0.372. The van der Waals surface area contributed by atoms with Crippen molar-refractivity contribution in [3.05, 3.63) is 35.4 Å². The molecule has 1 N–H and O–H groups in total. The van der Waals surface area contributed by atoms with Gasteiger partial charge < -0.3 is 19.9 Å². The number of aryl methyl sites for hydroxylation is 1. The highest BCUT2D eigenvalue weighted by Gasteiger charge is 2.45. The van der Waals surface area contributed by atoms with Gasteiger partial charge in [-0.25, -0.2) is 0 Å². The first-order valence-corrected chi connectivity index (χ1v) is 10.5. The van der Waals surface area contributed by atoms with Gasteiger partial charge in [0.25, 0.3) is 0 Å². The Balaban J connectivity index is 1.56. The number of carbonyl (C=O) groups excluding carboxylic acids is 2. The second kappa shape index (κ2) is 8.21. The second-order valence-corrected chi connectivity index (χ2v) is 8.37. The summed E-state index contributed by atoms with van der Waals surface area (Å²) in [4.78, 5) is 30.2. The monoisotopic (exact) mass is 385 g/mol. The van der Waals surface area contributed by atoms with Gasteiger partial charge in [-0.05, 0) is 38.2 Å². The number of benzene rings is 1. The maximum absolute atomic E-state index is 13.8. The Labute approximate surface area is 167 Å². The van der Waals surface area contributed by atoms with E-state index in [1.54, 1.807) is 0 Å². The predicted molar refractivity (Wildman–Crippen MR) is 107 cm³/mol. The lowest BCUT2D eigenvalue weighted by Gasteiger charge is -2.45.